The predicted molar refractivity (Wildman–Crippen MR) is 180 cm³/mol. The molecule has 0 fully saturated rings. The quantitative estimate of drug-likeness (QED) is 0.152. The number of pyridine rings is 1. The lowest BCUT2D eigenvalue weighted by Gasteiger charge is -2.23. The highest BCUT2D eigenvalue weighted by atomic mass is 79.9. The molecule has 240 valence electrons. The maximum Gasteiger partial charge on any atom is 0.407 e. The summed E-state index contributed by atoms with van der Waals surface area (Å²) in [6, 6.07) is 21.1. The molecule has 0 aliphatic heterocycles. The number of hydrogen-bond acceptors (Lipinski definition) is 9. The van der Waals surface area contributed by atoms with Gasteiger partial charge in [-0.1, -0.05) is 48.5 Å². The number of carbonyl (C=O) groups is 2. The van der Waals surface area contributed by atoms with E-state index in [0.29, 0.717) is 26.7 Å². The average Bonchev–Trinajstić information content (AvgIpc) is 3.61. The number of nitrogens with one attached hydrogen (secondary N) is 1. The van der Waals surface area contributed by atoms with Crippen LogP contribution in [0.3, 0.4) is 0 Å². The molecule has 5 aromatic rings. The highest BCUT2D eigenvalue weighted by molar-refractivity contribution is 9.10. The van der Waals surface area contributed by atoms with E-state index in [2.05, 4.69) is 26.2 Å². The lowest BCUT2D eigenvalue weighted by Crippen LogP contribution is -2.39. The number of amides is 1. The fourth-order valence-electron chi connectivity index (χ4n) is 4.72. The van der Waals surface area contributed by atoms with Crippen LogP contribution in [0, 0.1) is 0 Å². The molecule has 46 heavy (non-hydrogen) atoms. The first-order valence-corrected chi connectivity index (χ1v) is 17.3. The molecule has 13 heteroatoms. The number of methoxy groups -OCH3 is 1. The van der Waals surface area contributed by atoms with Crippen molar-refractivity contribution in [1.29, 1.82) is 0 Å². The third kappa shape index (κ3) is 7.27. The summed E-state index contributed by atoms with van der Waals surface area (Å²) in [6.45, 7) is 5.41. The number of benzene rings is 2. The van der Waals surface area contributed by atoms with Crippen LogP contribution < -0.4 is 10.1 Å². The van der Waals surface area contributed by atoms with Crippen molar-refractivity contribution in [2.75, 3.05) is 13.7 Å². The Hall–Kier alpha value is -4.20. The molecule has 3 aromatic heterocycles. The predicted octanol–water partition coefficient (Wildman–Crippen LogP) is 7.07. The summed E-state index contributed by atoms with van der Waals surface area (Å²) >= 11 is 4.79. The number of esters is 1. The summed E-state index contributed by atoms with van der Waals surface area (Å²) in [5.41, 5.74) is 1.14. The summed E-state index contributed by atoms with van der Waals surface area (Å²) < 4.78 is 45.5. The average molecular weight is 727 g/mol. The number of thiophene rings is 1. The van der Waals surface area contributed by atoms with E-state index in [4.69, 9.17) is 14.2 Å². The molecule has 3 heterocycles. The number of fused-ring (bicyclic) bond motifs is 1. The summed E-state index contributed by atoms with van der Waals surface area (Å²) in [4.78, 5) is 30.9. The number of ether oxygens (including phenoxy) is 3. The zero-order chi connectivity index (χ0) is 33.1. The summed E-state index contributed by atoms with van der Waals surface area (Å²) in [5, 5.41) is 3.33. The number of rotatable bonds is 10. The molecule has 0 saturated heterocycles. The van der Waals surface area contributed by atoms with Crippen LogP contribution in [0.4, 0.5) is 4.79 Å². The van der Waals surface area contributed by atoms with Crippen LogP contribution in [-0.4, -0.2) is 54.8 Å². The van der Waals surface area contributed by atoms with Gasteiger partial charge in [-0.15, -0.1) is 11.3 Å². The second-order valence-electron chi connectivity index (χ2n) is 11.2. The first kappa shape index (κ1) is 33.2. The molecule has 1 atom stereocenters. The van der Waals surface area contributed by atoms with Gasteiger partial charge in [-0.2, -0.15) is 0 Å². The van der Waals surface area contributed by atoms with Crippen molar-refractivity contribution in [2.45, 2.75) is 43.8 Å². The summed E-state index contributed by atoms with van der Waals surface area (Å²) in [6.07, 6.45) is 2.19. The first-order chi connectivity index (χ1) is 21.9. The topological polar surface area (TPSA) is 126 Å². The second kappa shape index (κ2) is 13.7. The largest absolute Gasteiger partial charge is 0.485 e. The highest BCUT2D eigenvalue weighted by Gasteiger charge is 2.29. The molecule has 0 aliphatic carbocycles. The van der Waals surface area contributed by atoms with E-state index < -0.39 is 33.8 Å². The summed E-state index contributed by atoms with van der Waals surface area (Å²) in [7, 11) is -2.64. The molecule has 1 unspecified atom stereocenters. The van der Waals surface area contributed by atoms with E-state index in [-0.39, 0.29) is 27.7 Å². The summed E-state index contributed by atoms with van der Waals surface area (Å²) in [5.74, 6) is -0.375. The minimum absolute atomic E-state index is 0.0851. The second-order valence-corrected chi connectivity index (χ2v) is 14.9. The van der Waals surface area contributed by atoms with Gasteiger partial charge in [0.15, 0.2) is 16.3 Å². The number of alkyl carbamates (subject to hydrolysis) is 1. The van der Waals surface area contributed by atoms with Crippen LogP contribution in [-0.2, 0) is 25.9 Å². The van der Waals surface area contributed by atoms with Crippen LogP contribution in [0.1, 0.15) is 36.0 Å². The van der Waals surface area contributed by atoms with E-state index in [1.807, 2.05) is 30.3 Å². The normalized spacial score (nSPS) is 12.5. The lowest BCUT2D eigenvalue weighted by atomic mass is 10.1. The van der Waals surface area contributed by atoms with Crippen molar-refractivity contribution >= 4 is 60.4 Å². The van der Waals surface area contributed by atoms with Crippen LogP contribution in [0.25, 0.3) is 21.5 Å². The molecule has 1 amide bonds. The van der Waals surface area contributed by atoms with Gasteiger partial charge in [0.25, 0.3) is 10.0 Å². The Morgan fingerprint density at radius 3 is 2.35 bits per heavy atom. The van der Waals surface area contributed by atoms with Gasteiger partial charge in [-0.25, -0.2) is 27.0 Å². The molecule has 10 nitrogen and oxygen atoms in total. The van der Waals surface area contributed by atoms with Crippen LogP contribution in [0.2, 0.25) is 0 Å². The molecule has 5 rings (SSSR count). The fraction of sp³-hybridized carbons (Fsp3) is 0.242. The van der Waals surface area contributed by atoms with Gasteiger partial charge < -0.3 is 19.5 Å². The van der Waals surface area contributed by atoms with Crippen molar-refractivity contribution in [3.05, 3.63) is 100 Å². The van der Waals surface area contributed by atoms with Crippen LogP contribution in [0.5, 0.6) is 5.75 Å². The lowest BCUT2D eigenvalue weighted by molar-refractivity contribution is 0.0495. The Balaban J connectivity index is 1.54. The van der Waals surface area contributed by atoms with Gasteiger partial charge in [0.1, 0.15) is 11.7 Å². The molecule has 0 bridgehead atoms. The Bertz CT molecular complexity index is 1970. The third-order valence-corrected chi connectivity index (χ3v) is 10.6. The van der Waals surface area contributed by atoms with Crippen molar-refractivity contribution in [3.8, 4) is 16.2 Å². The zero-order valence-electron chi connectivity index (χ0n) is 25.5. The van der Waals surface area contributed by atoms with Gasteiger partial charge in [0.2, 0.25) is 0 Å². The monoisotopic (exact) mass is 725 g/mol. The third-order valence-electron chi connectivity index (χ3n) is 6.74. The van der Waals surface area contributed by atoms with E-state index in [9.17, 15) is 18.0 Å². The molecule has 2 aromatic carbocycles. The Kier molecular flexibility index (Phi) is 9.85. The number of aromatic nitrogens is 2. The molecular formula is C33H32BrN3O7S2. The Morgan fingerprint density at radius 1 is 1.02 bits per heavy atom. The number of nitrogens with zero attached hydrogens (tertiary/aromatic N) is 2. The van der Waals surface area contributed by atoms with Crippen molar-refractivity contribution in [1.82, 2.24) is 14.3 Å². The van der Waals surface area contributed by atoms with Gasteiger partial charge in [0, 0.05) is 29.8 Å². The fourth-order valence-corrected chi connectivity index (χ4v) is 8.01. The Labute approximate surface area is 279 Å². The molecule has 0 spiro atoms. The van der Waals surface area contributed by atoms with Gasteiger partial charge >= 0.3 is 12.1 Å². The maximum atomic E-state index is 13.5. The number of carbonyl (C=O) groups excluding carboxylic acids is 2. The molecule has 0 saturated carbocycles. The molecule has 0 aliphatic rings. The Morgan fingerprint density at radius 2 is 1.70 bits per heavy atom. The molecular weight excluding hydrogens is 694 g/mol. The molecule has 0 radical (unpaired) electrons. The number of hydrogen-bond donors (Lipinski definition) is 1. The molecule has 1 N–H and O–H groups in total. The van der Waals surface area contributed by atoms with E-state index in [1.165, 1.54) is 31.6 Å². The van der Waals surface area contributed by atoms with E-state index >= 15 is 0 Å². The highest BCUT2D eigenvalue weighted by Crippen LogP contribution is 2.48. The van der Waals surface area contributed by atoms with Gasteiger partial charge in [-0.05, 0) is 66.5 Å². The van der Waals surface area contributed by atoms with E-state index in [1.54, 1.807) is 51.1 Å². The minimum Gasteiger partial charge on any atom is -0.485 e. The zero-order valence-corrected chi connectivity index (χ0v) is 28.7. The van der Waals surface area contributed by atoms with Gasteiger partial charge in [-0.3, -0.25) is 0 Å². The van der Waals surface area contributed by atoms with Crippen molar-refractivity contribution < 1.29 is 32.2 Å². The number of halogens is 1. The SMILES string of the molecule is COC(=O)c1sc(-c2ccnc3c2ccn3S(=O)(=O)c2ccccc2)c(Br)c1OC(CNC(=O)OC(C)(C)C)Cc1ccccc1. The smallest absolute Gasteiger partial charge is 0.407 e. The van der Waals surface area contributed by atoms with Crippen molar-refractivity contribution in [3.63, 3.8) is 0 Å². The van der Waals surface area contributed by atoms with Gasteiger partial charge in [0.05, 0.1) is 27.9 Å². The standard InChI is InChI=1S/C33H32BrN3O7S2/c1-33(2,3)44-32(39)36-20-22(19-21-11-7-5-8-12-21)43-27-26(34)28(45-29(27)31(38)42-4)24-15-17-35-30-25(24)16-18-37(30)46(40,41)23-13-9-6-10-14-23/h5-18,22H,19-20H2,1-4H3,(H,36,39). The maximum absolute atomic E-state index is 13.5. The van der Waals surface area contributed by atoms with Crippen LogP contribution >= 0.6 is 27.3 Å². The van der Waals surface area contributed by atoms with Crippen molar-refractivity contribution in [2.24, 2.45) is 0 Å². The first-order valence-electron chi connectivity index (χ1n) is 14.2. The van der Waals surface area contributed by atoms with E-state index in [0.717, 1.165) is 20.9 Å². The minimum atomic E-state index is -3.92. The van der Waals surface area contributed by atoms with Crippen LogP contribution in [0.15, 0.2) is 94.6 Å².